The molecule has 4 aromatic rings. The Kier molecular flexibility index (Phi) is 5.87. The van der Waals surface area contributed by atoms with Gasteiger partial charge in [-0.25, -0.2) is 4.98 Å². The van der Waals surface area contributed by atoms with Crippen LogP contribution >= 0.6 is 11.6 Å². The highest BCUT2D eigenvalue weighted by Gasteiger charge is 2.15. The van der Waals surface area contributed by atoms with E-state index in [1.165, 1.54) is 0 Å². The van der Waals surface area contributed by atoms with Crippen LogP contribution in [0, 0.1) is 11.3 Å². The second-order valence-electron chi connectivity index (χ2n) is 6.98. The minimum absolute atomic E-state index is 0.483. The van der Waals surface area contributed by atoms with E-state index in [1.54, 1.807) is 6.07 Å². The van der Waals surface area contributed by atoms with Crippen LogP contribution in [0.1, 0.15) is 18.5 Å². The van der Waals surface area contributed by atoms with Crippen LogP contribution in [0.15, 0.2) is 66.7 Å². The number of hydrogen-bond donors (Lipinski definition) is 1. The van der Waals surface area contributed by atoms with E-state index in [0.29, 0.717) is 36.8 Å². The van der Waals surface area contributed by atoms with Gasteiger partial charge in [0.2, 0.25) is 0 Å². The summed E-state index contributed by atoms with van der Waals surface area (Å²) in [5, 5.41) is 10.5. The molecule has 0 saturated carbocycles. The first kappa shape index (κ1) is 19.8. The van der Waals surface area contributed by atoms with Gasteiger partial charge < -0.3 is 15.0 Å². The molecular formula is C24H21ClN4O. The number of anilines is 1. The van der Waals surface area contributed by atoms with E-state index in [0.717, 1.165) is 33.6 Å². The van der Waals surface area contributed by atoms with Crippen LogP contribution < -0.4 is 10.5 Å². The van der Waals surface area contributed by atoms with Crippen molar-refractivity contribution in [3.8, 4) is 23.1 Å². The van der Waals surface area contributed by atoms with Crippen LogP contribution in [0.25, 0.3) is 22.2 Å². The van der Waals surface area contributed by atoms with Crippen molar-refractivity contribution in [3.05, 3.63) is 77.4 Å². The summed E-state index contributed by atoms with van der Waals surface area (Å²) < 4.78 is 8.03. The van der Waals surface area contributed by atoms with Crippen molar-refractivity contribution in [2.24, 2.45) is 0 Å². The van der Waals surface area contributed by atoms with Crippen molar-refractivity contribution >= 4 is 28.3 Å². The summed E-state index contributed by atoms with van der Waals surface area (Å²) in [6.45, 7) is 1.06. The molecule has 0 fully saturated rings. The Morgan fingerprint density at radius 3 is 2.73 bits per heavy atom. The fourth-order valence-corrected chi connectivity index (χ4v) is 3.71. The number of nitrogens with zero attached hydrogens (tertiary/aromatic N) is 3. The molecule has 2 aromatic carbocycles. The van der Waals surface area contributed by atoms with E-state index in [-0.39, 0.29) is 0 Å². The number of ether oxygens (including phenoxy) is 1. The molecule has 150 valence electrons. The lowest BCUT2D eigenvalue weighted by molar-refractivity contribution is 0.313. The van der Waals surface area contributed by atoms with Gasteiger partial charge in [0.05, 0.1) is 36.1 Å². The van der Waals surface area contributed by atoms with Gasteiger partial charge in [-0.2, -0.15) is 5.26 Å². The molecule has 30 heavy (non-hydrogen) atoms. The van der Waals surface area contributed by atoms with E-state index in [2.05, 4.69) is 21.7 Å². The molecule has 2 aromatic heterocycles. The molecule has 0 unspecified atom stereocenters. The summed E-state index contributed by atoms with van der Waals surface area (Å²) in [6.07, 6.45) is 1.18. The van der Waals surface area contributed by atoms with Crippen molar-refractivity contribution in [2.75, 3.05) is 12.3 Å². The Labute approximate surface area is 180 Å². The average molecular weight is 417 g/mol. The van der Waals surface area contributed by atoms with Gasteiger partial charge in [-0.1, -0.05) is 35.9 Å². The summed E-state index contributed by atoms with van der Waals surface area (Å²) in [5.74, 6) is 1.26. The van der Waals surface area contributed by atoms with Crippen LogP contribution in [0.4, 0.5) is 5.82 Å². The minimum Gasteiger partial charge on any atom is -0.493 e. The number of unbranched alkanes of at least 4 members (excludes halogenated alkanes) is 1. The molecule has 6 heteroatoms. The van der Waals surface area contributed by atoms with Gasteiger partial charge in [0.1, 0.15) is 11.6 Å². The van der Waals surface area contributed by atoms with Crippen LogP contribution in [0.3, 0.4) is 0 Å². The van der Waals surface area contributed by atoms with Gasteiger partial charge in [0, 0.05) is 28.5 Å². The Morgan fingerprint density at radius 1 is 1.07 bits per heavy atom. The number of rotatable bonds is 7. The van der Waals surface area contributed by atoms with Gasteiger partial charge in [0.25, 0.3) is 0 Å². The number of fused-ring (bicyclic) bond motifs is 1. The number of halogens is 1. The normalized spacial score (nSPS) is 10.8. The van der Waals surface area contributed by atoms with Crippen molar-refractivity contribution in [2.45, 2.75) is 19.4 Å². The third-order valence-electron chi connectivity index (χ3n) is 4.88. The number of aromatic nitrogens is 2. The monoisotopic (exact) mass is 416 g/mol. The zero-order chi connectivity index (χ0) is 20.9. The molecule has 0 amide bonds. The van der Waals surface area contributed by atoms with Gasteiger partial charge in [0.15, 0.2) is 0 Å². The lowest BCUT2D eigenvalue weighted by Gasteiger charge is -2.13. The quantitative estimate of drug-likeness (QED) is 0.394. The van der Waals surface area contributed by atoms with Crippen molar-refractivity contribution in [1.82, 2.24) is 9.55 Å². The largest absolute Gasteiger partial charge is 0.493 e. The first-order valence-electron chi connectivity index (χ1n) is 9.75. The number of pyridine rings is 1. The lowest BCUT2D eigenvalue weighted by atomic mass is 10.1. The zero-order valence-electron chi connectivity index (χ0n) is 16.4. The average Bonchev–Trinajstić information content (AvgIpc) is 3.09. The molecule has 0 bridgehead atoms. The topological polar surface area (TPSA) is 76.9 Å². The third-order valence-corrected chi connectivity index (χ3v) is 5.21. The van der Waals surface area contributed by atoms with Crippen LogP contribution in [0.2, 0.25) is 5.02 Å². The molecule has 2 N–H and O–H groups in total. The lowest BCUT2D eigenvalue weighted by Crippen LogP contribution is -2.05. The van der Waals surface area contributed by atoms with E-state index in [4.69, 9.17) is 27.3 Å². The van der Waals surface area contributed by atoms with Gasteiger partial charge in [-0.3, -0.25) is 0 Å². The standard InChI is InChI=1S/C24H21ClN4O/c25-21-8-2-1-7-20(21)23-14-17-10-11-19(30-13-4-3-12-26)15-22(17)29(23)16-18-6-5-9-24(27)28-18/h1-2,5-11,14-15H,3-4,13,16H2,(H2,27,28). The van der Waals surface area contributed by atoms with Crippen LogP contribution in [0.5, 0.6) is 5.75 Å². The second kappa shape index (κ2) is 8.89. The molecule has 2 heterocycles. The van der Waals surface area contributed by atoms with Crippen LogP contribution in [-0.4, -0.2) is 16.2 Å². The van der Waals surface area contributed by atoms with E-state index < -0.39 is 0 Å². The fraction of sp³-hybridized carbons (Fsp3) is 0.167. The Hall–Kier alpha value is -3.49. The van der Waals surface area contributed by atoms with Crippen molar-refractivity contribution < 1.29 is 4.74 Å². The molecule has 0 spiro atoms. The van der Waals surface area contributed by atoms with E-state index in [9.17, 15) is 0 Å². The first-order valence-corrected chi connectivity index (χ1v) is 10.1. The zero-order valence-corrected chi connectivity index (χ0v) is 17.1. The maximum absolute atomic E-state index is 8.70. The number of hydrogen-bond acceptors (Lipinski definition) is 4. The van der Waals surface area contributed by atoms with Gasteiger partial charge >= 0.3 is 0 Å². The molecule has 0 radical (unpaired) electrons. The number of benzene rings is 2. The maximum Gasteiger partial charge on any atom is 0.123 e. The highest BCUT2D eigenvalue weighted by atomic mass is 35.5. The maximum atomic E-state index is 8.70. The highest BCUT2D eigenvalue weighted by molar-refractivity contribution is 6.33. The summed E-state index contributed by atoms with van der Waals surface area (Å²) in [5.41, 5.74) is 9.73. The summed E-state index contributed by atoms with van der Waals surface area (Å²) in [4.78, 5) is 4.47. The predicted molar refractivity (Wildman–Crippen MR) is 120 cm³/mol. The highest BCUT2D eigenvalue weighted by Crippen LogP contribution is 2.34. The Morgan fingerprint density at radius 2 is 1.93 bits per heavy atom. The Bertz CT molecular complexity index is 1230. The molecule has 0 atom stereocenters. The van der Waals surface area contributed by atoms with E-state index >= 15 is 0 Å². The molecule has 0 aliphatic carbocycles. The Balaban J connectivity index is 1.79. The van der Waals surface area contributed by atoms with Gasteiger partial charge in [-0.15, -0.1) is 0 Å². The van der Waals surface area contributed by atoms with Crippen LogP contribution in [-0.2, 0) is 6.54 Å². The SMILES string of the molecule is N#CCCCOc1ccc2cc(-c3ccccc3Cl)n(Cc3cccc(N)n3)c2c1. The summed E-state index contributed by atoms with van der Waals surface area (Å²) >= 11 is 6.52. The fourth-order valence-electron chi connectivity index (χ4n) is 3.48. The molecule has 4 rings (SSSR count). The minimum atomic E-state index is 0.483. The van der Waals surface area contributed by atoms with Crippen molar-refractivity contribution in [3.63, 3.8) is 0 Å². The molecular weight excluding hydrogens is 396 g/mol. The number of nitrogens with two attached hydrogens (primary N) is 1. The predicted octanol–water partition coefficient (Wildman–Crippen LogP) is 5.67. The summed E-state index contributed by atoms with van der Waals surface area (Å²) in [6, 6.07) is 23.7. The first-order chi connectivity index (χ1) is 14.7. The van der Waals surface area contributed by atoms with Crippen molar-refractivity contribution in [1.29, 1.82) is 5.26 Å². The molecule has 0 saturated heterocycles. The second-order valence-corrected chi connectivity index (χ2v) is 7.39. The molecule has 0 aliphatic heterocycles. The van der Waals surface area contributed by atoms with E-state index in [1.807, 2.05) is 54.6 Å². The number of nitriles is 1. The summed E-state index contributed by atoms with van der Waals surface area (Å²) in [7, 11) is 0. The third kappa shape index (κ3) is 4.24. The molecule has 5 nitrogen and oxygen atoms in total. The smallest absolute Gasteiger partial charge is 0.123 e. The molecule has 0 aliphatic rings. The number of nitrogen functional groups attached to an aromatic ring is 1. The van der Waals surface area contributed by atoms with Gasteiger partial charge in [-0.05, 0) is 42.8 Å².